The van der Waals surface area contributed by atoms with E-state index < -0.39 is 35.7 Å². The average molecular weight is 278 g/mol. The van der Waals surface area contributed by atoms with E-state index in [0.717, 1.165) is 0 Å². The van der Waals surface area contributed by atoms with Gasteiger partial charge in [0.2, 0.25) is 0 Å². The number of carbonyl (C=O) groups excluding carboxylic acids is 4. The zero-order valence-corrected chi connectivity index (χ0v) is 11.4. The number of hydrogen-bond acceptors (Lipinski definition) is 6. The van der Waals surface area contributed by atoms with Crippen LogP contribution in [0, 0.1) is 6.92 Å². The molecule has 0 atom stereocenters. The Morgan fingerprint density at radius 1 is 1.15 bits per heavy atom. The SMILES string of the molecule is CC(=O)CC(=O)OC(=O)c1ccc(C)c(C(C)=O)c1O. The second-order valence-electron chi connectivity index (χ2n) is 4.35. The van der Waals surface area contributed by atoms with Crippen molar-refractivity contribution in [2.45, 2.75) is 27.2 Å². The van der Waals surface area contributed by atoms with Crippen LogP contribution in [0.3, 0.4) is 0 Å². The number of phenolic OH excluding ortho intramolecular Hbond substituents is 1. The highest BCUT2D eigenvalue weighted by Crippen LogP contribution is 2.27. The number of ketones is 2. The number of esters is 2. The minimum absolute atomic E-state index is 0.00142. The fourth-order valence-electron chi connectivity index (χ4n) is 1.70. The Morgan fingerprint density at radius 2 is 1.75 bits per heavy atom. The second-order valence-corrected chi connectivity index (χ2v) is 4.35. The summed E-state index contributed by atoms with van der Waals surface area (Å²) in [7, 11) is 0. The first-order valence-corrected chi connectivity index (χ1v) is 5.82. The maximum absolute atomic E-state index is 11.7. The largest absolute Gasteiger partial charge is 0.506 e. The van der Waals surface area contributed by atoms with E-state index in [4.69, 9.17) is 0 Å². The van der Waals surface area contributed by atoms with Crippen molar-refractivity contribution in [3.8, 4) is 5.75 Å². The number of aryl methyl sites for hydroxylation is 1. The molecule has 0 fully saturated rings. The van der Waals surface area contributed by atoms with Crippen LogP contribution < -0.4 is 0 Å². The van der Waals surface area contributed by atoms with Gasteiger partial charge in [0.1, 0.15) is 23.5 Å². The molecule has 0 bridgehead atoms. The molecule has 0 aromatic heterocycles. The predicted octanol–water partition coefficient (Wildman–Crippen LogP) is 1.57. The summed E-state index contributed by atoms with van der Waals surface area (Å²) in [6.45, 7) is 4.04. The molecule has 1 N–H and O–H groups in total. The van der Waals surface area contributed by atoms with Crippen LogP contribution in [0.1, 0.15) is 46.5 Å². The lowest BCUT2D eigenvalue weighted by Crippen LogP contribution is -2.15. The van der Waals surface area contributed by atoms with Gasteiger partial charge in [0.05, 0.1) is 5.56 Å². The Bertz CT molecular complexity index is 600. The molecule has 0 aliphatic rings. The van der Waals surface area contributed by atoms with Crippen LogP contribution in [0.15, 0.2) is 12.1 Å². The lowest BCUT2D eigenvalue weighted by atomic mass is 10.0. The number of phenols is 1. The topological polar surface area (TPSA) is 97.7 Å². The minimum Gasteiger partial charge on any atom is -0.506 e. The zero-order valence-electron chi connectivity index (χ0n) is 11.4. The molecule has 0 unspecified atom stereocenters. The van der Waals surface area contributed by atoms with E-state index in [0.29, 0.717) is 5.56 Å². The molecule has 0 saturated heterocycles. The summed E-state index contributed by atoms with van der Waals surface area (Å²) in [5, 5.41) is 9.91. The van der Waals surface area contributed by atoms with Gasteiger partial charge in [0.15, 0.2) is 5.78 Å². The standard InChI is InChI=1S/C14H14O6/c1-7-4-5-10(13(18)12(7)9(3)16)14(19)20-11(17)6-8(2)15/h4-5,18H,6H2,1-3H3. The van der Waals surface area contributed by atoms with Crippen molar-refractivity contribution < 1.29 is 29.0 Å². The number of Topliss-reactive ketones (excluding diaryl/α,β-unsaturated/α-hetero) is 2. The van der Waals surface area contributed by atoms with Gasteiger partial charge in [-0.15, -0.1) is 0 Å². The van der Waals surface area contributed by atoms with E-state index in [2.05, 4.69) is 4.74 Å². The maximum Gasteiger partial charge on any atom is 0.349 e. The van der Waals surface area contributed by atoms with Crippen LogP contribution in [-0.4, -0.2) is 28.6 Å². The highest BCUT2D eigenvalue weighted by Gasteiger charge is 2.22. The van der Waals surface area contributed by atoms with Crippen molar-refractivity contribution in [1.82, 2.24) is 0 Å². The molecular formula is C14H14O6. The Hall–Kier alpha value is -2.50. The van der Waals surface area contributed by atoms with E-state index in [-0.39, 0.29) is 11.1 Å². The highest BCUT2D eigenvalue weighted by molar-refractivity contribution is 6.06. The molecule has 1 rings (SSSR count). The monoisotopic (exact) mass is 278 g/mol. The first-order chi connectivity index (χ1) is 9.23. The first-order valence-electron chi connectivity index (χ1n) is 5.82. The predicted molar refractivity (Wildman–Crippen MR) is 68.6 cm³/mol. The van der Waals surface area contributed by atoms with Gasteiger partial charge in [-0.25, -0.2) is 4.79 Å². The van der Waals surface area contributed by atoms with Crippen LogP contribution in [0.25, 0.3) is 0 Å². The molecule has 1 aromatic carbocycles. The Kier molecular flexibility index (Phi) is 4.74. The molecule has 6 heteroatoms. The lowest BCUT2D eigenvalue weighted by Gasteiger charge is -2.09. The number of carbonyl (C=O) groups is 4. The number of hydrogen-bond donors (Lipinski definition) is 1. The van der Waals surface area contributed by atoms with Gasteiger partial charge in [0.25, 0.3) is 0 Å². The zero-order chi connectivity index (χ0) is 15.4. The molecule has 0 aliphatic heterocycles. The Labute approximate surface area is 115 Å². The van der Waals surface area contributed by atoms with Crippen LogP contribution in [0.4, 0.5) is 0 Å². The third-order valence-electron chi connectivity index (χ3n) is 2.56. The van der Waals surface area contributed by atoms with Crippen LogP contribution in [0.2, 0.25) is 0 Å². The fourth-order valence-corrected chi connectivity index (χ4v) is 1.70. The molecule has 20 heavy (non-hydrogen) atoms. The Balaban J connectivity index is 3.06. The first kappa shape index (κ1) is 15.6. The van der Waals surface area contributed by atoms with Crippen molar-refractivity contribution in [3.05, 3.63) is 28.8 Å². The van der Waals surface area contributed by atoms with Crippen molar-refractivity contribution >= 4 is 23.5 Å². The molecule has 106 valence electrons. The molecule has 0 aliphatic carbocycles. The van der Waals surface area contributed by atoms with Crippen molar-refractivity contribution in [1.29, 1.82) is 0 Å². The molecule has 6 nitrogen and oxygen atoms in total. The van der Waals surface area contributed by atoms with E-state index in [1.54, 1.807) is 6.92 Å². The van der Waals surface area contributed by atoms with Crippen molar-refractivity contribution in [2.24, 2.45) is 0 Å². The summed E-state index contributed by atoms with van der Waals surface area (Å²) in [6, 6.07) is 2.71. The summed E-state index contributed by atoms with van der Waals surface area (Å²) in [5.74, 6) is -3.49. The number of ether oxygens (including phenoxy) is 1. The third-order valence-corrected chi connectivity index (χ3v) is 2.56. The van der Waals surface area contributed by atoms with Gasteiger partial charge >= 0.3 is 11.9 Å². The molecule has 0 heterocycles. The van der Waals surface area contributed by atoms with Gasteiger partial charge < -0.3 is 9.84 Å². The number of benzene rings is 1. The molecular weight excluding hydrogens is 264 g/mol. The minimum atomic E-state index is -1.10. The average Bonchev–Trinajstić information content (AvgIpc) is 2.26. The van der Waals surface area contributed by atoms with Crippen molar-refractivity contribution in [2.75, 3.05) is 0 Å². The number of aromatic hydroxyl groups is 1. The van der Waals surface area contributed by atoms with Gasteiger partial charge in [-0.3, -0.25) is 14.4 Å². The summed E-state index contributed by atoms with van der Waals surface area (Å²) in [5.41, 5.74) is 0.206. The van der Waals surface area contributed by atoms with Crippen LogP contribution in [-0.2, 0) is 14.3 Å². The second kappa shape index (κ2) is 6.10. The third kappa shape index (κ3) is 3.50. The van der Waals surface area contributed by atoms with Gasteiger partial charge in [-0.05, 0) is 32.4 Å². The maximum atomic E-state index is 11.7. The van der Waals surface area contributed by atoms with E-state index >= 15 is 0 Å². The van der Waals surface area contributed by atoms with Gasteiger partial charge in [0, 0.05) is 0 Å². The highest BCUT2D eigenvalue weighted by atomic mass is 16.6. The molecule has 1 aromatic rings. The van der Waals surface area contributed by atoms with Crippen molar-refractivity contribution in [3.63, 3.8) is 0 Å². The lowest BCUT2D eigenvalue weighted by molar-refractivity contribution is -0.140. The molecule has 0 radical (unpaired) electrons. The normalized spacial score (nSPS) is 9.95. The summed E-state index contributed by atoms with van der Waals surface area (Å²) < 4.78 is 4.43. The molecule has 0 amide bonds. The summed E-state index contributed by atoms with van der Waals surface area (Å²) >= 11 is 0. The quantitative estimate of drug-likeness (QED) is 0.510. The molecule has 0 saturated carbocycles. The fraction of sp³-hybridized carbons (Fsp3) is 0.286. The smallest absolute Gasteiger partial charge is 0.349 e. The van der Waals surface area contributed by atoms with E-state index in [1.807, 2.05) is 0 Å². The van der Waals surface area contributed by atoms with Gasteiger partial charge in [-0.1, -0.05) is 6.07 Å². The van der Waals surface area contributed by atoms with Gasteiger partial charge in [-0.2, -0.15) is 0 Å². The summed E-state index contributed by atoms with van der Waals surface area (Å²) in [6.07, 6.45) is -0.530. The van der Waals surface area contributed by atoms with Crippen LogP contribution in [0.5, 0.6) is 5.75 Å². The summed E-state index contributed by atoms with van der Waals surface area (Å²) in [4.78, 5) is 45.1. The molecule has 0 spiro atoms. The number of rotatable bonds is 4. The van der Waals surface area contributed by atoms with Crippen LogP contribution >= 0.6 is 0 Å². The van der Waals surface area contributed by atoms with E-state index in [9.17, 15) is 24.3 Å². The Morgan fingerprint density at radius 3 is 2.25 bits per heavy atom. The van der Waals surface area contributed by atoms with E-state index in [1.165, 1.54) is 26.0 Å².